The van der Waals surface area contributed by atoms with Crippen molar-refractivity contribution in [3.63, 3.8) is 0 Å². The molecular weight excluding hydrogens is 443 g/mol. The molecular formula is C22H20ClFN2O4S. The first-order valence-corrected chi connectivity index (χ1v) is 11.1. The minimum atomic E-state index is -3.94. The molecule has 0 spiro atoms. The van der Waals surface area contributed by atoms with Crippen molar-refractivity contribution in [1.82, 2.24) is 4.98 Å². The van der Waals surface area contributed by atoms with Crippen molar-refractivity contribution in [1.29, 1.82) is 0 Å². The number of nitrogens with zero attached hydrogens (tertiary/aromatic N) is 1. The highest BCUT2D eigenvalue weighted by Crippen LogP contribution is 2.28. The number of carbonyl (C=O) groups is 1. The van der Waals surface area contributed by atoms with Crippen LogP contribution in [0.2, 0.25) is 5.02 Å². The fourth-order valence-electron chi connectivity index (χ4n) is 2.66. The molecule has 0 aliphatic carbocycles. The number of hydrogen-bond acceptors (Lipinski definition) is 5. The predicted octanol–water partition coefficient (Wildman–Crippen LogP) is 5.17. The minimum Gasteiger partial charge on any atom is -0.439 e. The number of nitrogens with one attached hydrogen (secondary N) is 1. The predicted molar refractivity (Wildman–Crippen MR) is 117 cm³/mol. The van der Waals surface area contributed by atoms with E-state index in [9.17, 15) is 17.6 Å². The van der Waals surface area contributed by atoms with Gasteiger partial charge in [0.05, 0.1) is 21.8 Å². The molecule has 31 heavy (non-hydrogen) atoms. The highest BCUT2D eigenvalue weighted by molar-refractivity contribution is 7.93. The van der Waals surface area contributed by atoms with Gasteiger partial charge in [-0.25, -0.2) is 17.8 Å². The largest absolute Gasteiger partial charge is 0.439 e. The van der Waals surface area contributed by atoms with E-state index in [1.54, 1.807) is 19.1 Å². The summed E-state index contributed by atoms with van der Waals surface area (Å²) >= 11 is 5.72. The standard InChI is InChI=1S/C22H20ClFN2O4S/c1-14-5-4-6-17(11-14)31(28,29)22(2,3)21(27)26-15-7-10-20(25-13-15)30-16-8-9-19(24)18(23)12-16/h4-13H,1-3H3,(H,26,27). The summed E-state index contributed by atoms with van der Waals surface area (Å²) in [5, 5.41) is 2.49. The van der Waals surface area contributed by atoms with E-state index in [0.29, 0.717) is 11.4 Å². The monoisotopic (exact) mass is 462 g/mol. The molecule has 0 aliphatic heterocycles. The van der Waals surface area contributed by atoms with E-state index >= 15 is 0 Å². The molecule has 1 N–H and O–H groups in total. The first-order valence-electron chi connectivity index (χ1n) is 9.22. The summed E-state index contributed by atoms with van der Waals surface area (Å²) in [6.45, 7) is 4.48. The maximum Gasteiger partial charge on any atom is 0.245 e. The van der Waals surface area contributed by atoms with E-state index in [2.05, 4.69) is 10.3 Å². The molecule has 2 aromatic carbocycles. The topological polar surface area (TPSA) is 85.4 Å². The molecule has 1 amide bonds. The van der Waals surface area contributed by atoms with Crippen LogP contribution in [0, 0.1) is 12.7 Å². The summed E-state index contributed by atoms with van der Waals surface area (Å²) in [6, 6.07) is 13.3. The summed E-state index contributed by atoms with van der Waals surface area (Å²) in [6.07, 6.45) is 1.33. The van der Waals surface area contributed by atoms with Gasteiger partial charge in [-0.3, -0.25) is 4.79 Å². The Morgan fingerprint density at radius 3 is 2.48 bits per heavy atom. The maximum absolute atomic E-state index is 13.2. The Morgan fingerprint density at radius 2 is 1.87 bits per heavy atom. The lowest BCUT2D eigenvalue weighted by molar-refractivity contribution is -0.117. The van der Waals surface area contributed by atoms with Crippen LogP contribution in [-0.4, -0.2) is 24.1 Å². The van der Waals surface area contributed by atoms with Gasteiger partial charge in [-0.05, 0) is 56.7 Å². The Kier molecular flexibility index (Phi) is 6.33. The Hall–Kier alpha value is -2.97. The van der Waals surface area contributed by atoms with Crippen molar-refractivity contribution < 1.29 is 22.3 Å². The number of benzene rings is 2. The minimum absolute atomic E-state index is 0.0764. The third-order valence-electron chi connectivity index (χ3n) is 4.63. The average molecular weight is 463 g/mol. The number of hydrogen-bond donors (Lipinski definition) is 1. The lowest BCUT2D eigenvalue weighted by atomic mass is 10.2. The van der Waals surface area contributed by atoms with Gasteiger partial charge in [0, 0.05) is 12.1 Å². The Bertz CT molecular complexity index is 1230. The second-order valence-electron chi connectivity index (χ2n) is 7.35. The molecule has 0 saturated carbocycles. The summed E-state index contributed by atoms with van der Waals surface area (Å²) in [5.74, 6) is -0.786. The quantitative estimate of drug-likeness (QED) is 0.546. The molecule has 9 heteroatoms. The van der Waals surface area contributed by atoms with Gasteiger partial charge in [0.1, 0.15) is 16.3 Å². The Balaban J connectivity index is 1.74. The van der Waals surface area contributed by atoms with Crippen LogP contribution in [0.25, 0.3) is 0 Å². The molecule has 0 radical (unpaired) electrons. The van der Waals surface area contributed by atoms with E-state index in [1.165, 1.54) is 62.5 Å². The number of pyridine rings is 1. The van der Waals surface area contributed by atoms with Crippen LogP contribution in [0.3, 0.4) is 0 Å². The summed E-state index contributed by atoms with van der Waals surface area (Å²) in [5.41, 5.74) is 1.07. The number of halogens is 2. The van der Waals surface area contributed by atoms with Crippen molar-refractivity contribution in [3.8, 4) is 11.6 Å². The lowest BCUT2D eigenvalue weighted by Gasteiger charge is -2.24. The smallest absolute Gasteiger partial charge is 0.245 e. The zero-order valence-electron chi connectivity index (χ0n) is 17.0. The Morgan fingerprint density at radius 1 is 1.13 bits per heavy atom. The number of sulfone groups is 1. The van der Waals surface area contributed by atoms with Gasteiger partial charge in [0.2, 0.25) is 11.8 Å². The average Bonchev–Trinajstić information content (AvgIpc) is 2.72. The normalized spacial score (nSPS) is 11.8. The number of anilines is 1. The molecule has 3 rings (SSSR count). The van der Waals surface area contributed by atoms with Gasteiger partial charge >= 0.3 is 0 Å². The highest BCUT2D eigenvalue weighted by atomic mass is 35.5. The lowest BCUT2D eigenvalue weighted by Crippen LogP contribution is -2.44. The molecule has 0 unspecified atom stereocenters. The summed E-state index contributed by atoms with van der Waals surface area (Å²) < 4.78 is 43.0. The van der Waals surface area contributed by atoms with Crippen molar-refractivity contribution in [2.75, 3.05) is 5.32 Å². The number of ether oxygens (including phenoxy) is 1. The zero-order valence-corrected chi connectivity index (χ0v) is 18.6. The van der Waals surface area contributed by atoms with E-state index in [-0.39, 0.29) is 15.8 Å². The van der Waals surface area contributed by atoms with Crippen LogP contribution in [0.1, 0.15) is 19.4 Å². The SMILES string of the molecule is Cc1cccc(S(=O)(=O)C(C)(C)C(=O)Nc2ccc(Oc3ccc(F)c(Cl)c3)nc2)c1. The van der Waals surface area contributed by atoms with Gasteiger partial charge in [0.15, 0.2) is 9.84 Å². The van der Waals surface area contributed by atoms with Crippen LogP contribution in [-0.2, 0) is 14.6 Å². The zero-order chi connectivity index (χ0) is 22.8. The van der Waals surface area contributed by atoms with E-state index in [0.717, 1.165) is 5.56 Å². The summed E-state index contributed by atoms with van der Waals surface area (Å²) in [4.78, 5) is 16.9. The number of rotatable bonds is 6. The second kappa shape index (κ2) is 8.64. The fraction of sp³-hybridized carbons (Fsp3) is 0.182. The summed E-state index contributed by atoms with van der Waals surface area (Å²) in [7, 11) is -3.94. The van der Waals surface area contributed by atoms with E-state index in [1.807, 2.05) is 0 Å². The molecule has 0 saturated heterocycles. The van der Waals surface area contributed by atoms with Gasteiger partial charge in [-0.2, -0.15) is 0 Å². The number of aromatic nitrogens is 1. The van der Waals surface area contributed by atoms with Crippen molar-refractivity contribution in [2.24, 2.45) is 0 Å². The number of amides is 1. The molecule has 0 atom stereocenters. The maximum atomic E-state index is 13.2. The molecule has 1 heterocycles. The number of aryl methyl sites for hydroxylation is 1. The van der Waals surface area contributed by atoms with Gasteiger partial charge < -0.3 is 10.1 Å². The third-order valence-corrected chi connectivity index (χ3v) is 7.32. The number of carbonyl (C=O) groups excluding carboxylic acids is 1. The van der Waals surface area contributed by atoms with Gasteiger partial charge in [-0.1, -0.05) is 23.7 Å². The fourth-order valence-corrected chi connectivity index (χ4v) is 4.31. The molecule has 3 aromatic rings. The van der Waals surface area contributed by atoms with Crippen molar-refractivity contribution in [2.45, 2.75) is 30.4 Å². The van der Waals surface area contributed by atoms with Crippen LogP contribution in [0.4, 0.5) is 10.1 Å². The van der Waals surface area contributed by atoms with Crippen molar-refractivity contribution >= 4 is 33.0 Å². The molecule has 0 aliphatic rings. The van der Waals surface area contributed by atoms with Crippen LogP contribution >= 0.6 is 11.6 Å². The van der Waals surface area contributed by atoms with E-state index < -0.39 is 26.3 Å². The molecule has 0 fully saturated rings. The van der Waals surface area contributed by atoms with Crippen LogP contribution in [0.15, 0.2) is 65.7 Å². The van der Waals surface area contributed by atoms with Gasteiger partial charge in [-0.15, -0.1) is 0 Å². The van der Waals surface area contributed by atoms with E-state index in [4.69, 9.17) is 16.3 Å². The first-order chi connectivity index (χ1) is 14.5. The van der Waals surface area contributed by atoms with Crippen LogP contribution < -0.4 is 10.1 Å². The molecule has 6 nitrogen and oxygen atoms in total. The molecule has 0 bridgehead atoms. The second-order valence-corrected chi connectivity index (χ2v) is 10.3. The third kappa shape index (κ3) is 4.86. The first kappa shape index (κ1) is 22.7. The van der Waals surface area contributed by atoms with Gasteiger partial charge in [0.25, 0.3) is 0 Å². The molecule has 162 valence electrons. The van der Waals surface area contributed by atoms with Crippen LogP contribution in [0.5, 0.6) is 11.6 Å². The Labute approximate surface area is 185 Å². The molecule has 1 aromatic heterocycles. The van der Waals surface area contributed by atoms with Crippen molar-refractivity contribution in [3.05, 3.63) is 77.2 Å². The highest BCUT2D eigenvalue weighted by Gasteiger charge is 2.42.